The van der Waals surface area contributed by atoms with Gasteiger partial charge < -0.3 is 10.6 Å². The zero-order chi connectivity index (χ0) is 25.5. The Hall–Kier alpha value is -3.75. The molecule has 4 rings (SSSR count). The van der Waals surface area contributed by atoms with E-state index in [0.29, 0.717) is 35.9 Å². The lowest BCUT2D eigenvalue weighted by atomic mass is 9.95. The standard InChI is InChI=1S/C27H31FN4O4/c28-19-13-15-21(16-14-19)30-25(34)18-32-23-11-5-4-10-22(23)26(35)31(27(32)36)17-7-6-12-24(33)29-20-8-2-1-3-9-20/h4-5,10-11,13-16,20H,1-3,6-9,12,17-18H2,(H,29,33)(H,30,34). The largest absolute Gasteiger partial charge is 0.353 e. The van der Waals surface area contributed by atoms with Crippen molar-refractivity contribution in [3.8, 4) is 0 Å². The lowest BCUT2D eigenvalue weighted by Gasteiger charge is -2.22. The summed E-state index contributed by atoms with van der Waals surface area (Å²) in [6.07, 6.45) is 6.91. The number of halogens is 1. The Morgan fingerprint density at radius 3 is 2.36 bits per heavy atom. The topological polar surface area (TPSA) is 102 Å². The average Bonchev–Trinajstić information content (AvgIpc) is 2.88. The van der Waals surface area contributed by atoms with Crippen LogP contribution in [0.15, 0.2) is 58.1 Å². The molecule has 1 heterocycles. The van der Waals surface area contributed by atoms with Crippen LogP contribution in [0.1, 0.15) is 51.4 Å². The molecule has 0 bridgehead atoms. The van der Waals surface area contributed by atoms with Crippen LogP contribution in [0.3, 0.4) is 0 Å². The number of amides is 2. The molecule has 1 aliphatic rings. The maximum absolute atomic E-state index is 13.2. The van der Waals surface area contributed by atoms with Crippen LogP contribution in [-0.2, 0) is 22.7 Å². The summed E-state index contributed by atoms with van der Waals surface area (Å²) in [4.78, 5) is 51.2. The van der Waals surface area contributed by atoms with E-state index in [2.05, 4.69) is 10.6 Å². The molecule has 1 saturated carbocycles. The van der Waals surface area contributed by atoms with Gasteiger partial charge in [-0.15, -0.1) is 0 Å². The van der Waals surface area contributed by atoms with Gasteiger partial charge in [-0.3, -0.25) is 23.5 Å². The molecule has 36 heavy (non-hydrogen) atoms. The van der Waals surface area contributed by atoms with E-state index in [9.17, 15) is 23.6 Å². The number of benzene rings is 2. The summed E-state index contributed by atoms with van der Waals surface area (Å²) in [6.45, 7) is -0.153. The van der Waals surface area contributed by atoms with E-state index >= 15 is 0 Å². The molecule has 0 unspecified atom stereocenters. The molecule has 0 aliphatic heterocycles. The number of anilines is 1. The predicted molar refractivity (Wildman–Crippen MR) is 136 cm³/mol. The fourth-order valence-electron chi connectivity index (χ4n) is 4.70. The summed E-state index contributed by atoms with van der Waals surface area (Å²) in [5.74, 6) is -0.894. The highest BCUT2D eigenvalue weighted by Gasteiger charge is 2.17. The van der Waals surface area contributed by atoms with E-state index in [4.69, 9.17) is 0 Å². The zero-order valence-electron chi connectivity index (χ0n) is 20.2. The van der Waals surface area contributed by atoms with Crippen LogP contribution in [0.4, 0.5) is 10.1 Å². The third-order valence-corrected chi connectivity index (χ3v) is 6.57. The van der Waals surface area contributed by atoms with Crippen molar-refractivity contribution in [3.05, 3.63) is 75.2 Å². The second-order valence-electron chi connectivity index (χ2n) is 9.26. The van der Waals surface area contributed by atoms with Crippen molar-refractivity contribution < 1.29 is 14.0 Å². The maximum Gasteiger partial charge on any atom is 0.331 e. The van der Waals surface area contributed by atoms with Crippen LogP contribution in [0.5, 0.6) is 0 Å². The van der Waals surface area contributed by atoms with Crippen molar-refractivity contribution in [1.82, 2.24) is 14.5 Å². The van der Waals surface area contributed by atoms with Gasteiger partial charge in [0.25, 0.3) is 5.56 Å². The van der Waals surface area contributed by atoms with Crippen LogP contribution >= 0.6 is 0 Å². The molecule has 0 spiro atoms. The molecule has 1 aliphatic carbocycles. The minimum Gasteiger partial charge on any atom is -0.353 e. The highest BCUT2D eigenvalue weighted by atomic mass is 19.1. The fourth-order valence-corrected chi connectivity index (χ4v) is 4.70. The number of fused-ring (bicyclic) bond motifs is 1. The molecule has 0 atom stereocenters. The van der Waals surface area contributed by atoms with E-state index in [1.54, 1.807) is 24.3 Å². The van der Waals surface area contributed by atoms with Crippen molar-refractivity contribution in [3.63, 3.8) is 0 Å². The van der Waals surface area contributed by atoms with Gasteiger partial charge in [0.1, 0.15) is 12.4 Å². The Morgan fingerprint density at radius 1 is 0.889 bits per heavy atom. The van der Waals surface area contributed by atoms with Gasteiger partial charge in [-0.05, 0) is 62.1 Å². The third-order valence-electron chi connectivity index (χ3n) is 6.57. The van der Waals surface area contributed by atoms with Gasteiger partial charge in [0.05, 0.1) is 10.9 Å². The summed E-state index contributed by atoms with van der Waals surface area (Å²) < 4.78 is 15.5. The van der Waals surface area contributed by atoms with Crippen molar-refractivity contribution in [2.75, 3.05) is 5.32 Å². The second-order valence-corrected chi connectivity index (χ2v) is 9.26. The zero-order valence-corrected chi connectivity index (χ0v) is 20.2. The Morgan fingerprint density at radius 2 is 1.61 bits per heavy atom. The van der Waals surface area contributed by atoms with E-state index in [1.165, 1.54) is 35.3 Å². The quantitative estimate of drug-likeness (QED) is 0.444. The monoisotopic (exact) mass is 494 g/mol. The molecule has 3 aromatic rings. The van der Waals surface area contributed by atoms with Gasteiger partial charge in [0, 0.05) is 24.7 Å². The number of rotatable bonds is 9. The summed E-state index contributed by atoms with van der Waals surface area (Å²) in [7, 11) is 0. The molecule has 190 valence electrons. The Kier molecular flexibility index (Phi) is 8.30. The number of para-hydroxylation sites is 1. The predicted octanol–water partition coefficient (Wildman–Crippen LogP) is 3.56. The van der Waals surface area contributed by atoms with Crippen LogP contribution in [0.2, 0.25) is 0 Å². The van der Waals surface area contributed by atoms with E-state index in [-0.39, 0.29) is 25.0 Å². The lowest BCUT2D eigenvalue weighted by molar-refractivity contribution is -0.122. The molecule has 9 heteroatoms. The number of hydrogen-bond donors (Lipinski definition) is 2. The minimum atomic E-state index is -0.584. The molecular weight excluding hydrogens is 463 g/mol. The number of carbonyl (C=O) groups excluding carboxylic acids is 2. The van der Waals surface area contributed by atoms with E-state index in [0.717, 1.165) is 30.3 Å². The number of nitrogens with zero attached hydrogens (tertiary/aromatic N) is 2. The molecule has 0 saturated heterocycles. The highest BCUT2D eigenvalue weighted by molar-refractivity contribution is 5.91. The number of carbonyl (C=O) groups is 2. The van der Waals surface area contributed by atoms with Crippen molar-refractivity contribution in [2.24, 2.45) is 0 Å². The molecule has 2 N–H and O–H groups in total. The molecule has 2 aromatic carbocycles. The average molecular weight is 495 g/mol. The summed E-state index contributed by atoms with van der Waals surface area (Å²) in [6, 6.07) is 12.2. The van der Waals surface area contributed by atoms with Crippen LogP contribution in [0, 0.1) is 5.82 Å². The van der Waals surface area contributed by atoms with E-state index in [1.807, 2.05) is 0 Å². The van der Waals surface area contributed by atoms with Crippen molar-refractivity contribution in [2.45, 2.75) is 70.5 Å². The van der Waals surface area contributed by atoms with Gasteiger partial charge in [0.15, 0.2) is 0 Å². The fraction of sp³-hybridized carbons (Fsp3) is 0.407. The number of nitrogens with one attached hydrogen (secondary N) is 2. The Labute approximate surface area is 208 Å². The SMILES string of the molecule is O=C(Cn1c(=O)n(CCCCC(=O)NC2CCCCC2)c(=O)c2ccccc21)Nc1ccc(F)cc1. The lowest BCUT2D eigenvalue weighted by Crippen LogP contribution is -2.41. The normalized spacial score (nSPS) is 14.0. The van der Waals surface area contributed by atoms with Crippen LogP contribution in [0.25, 0.3) is 10.9 Å². The van der Waals surface area contributed by atoms with Gasteiger partial charge in [-0.25, -0.2) is 9.18 Å². The first-order valence-electron chi connectivity index (χ1n) is 12.5. The first-order valence-corrected chi connectivity index (χ1v) is 12.5. The number of hydrogen-bond acceptors (Lipinski definition) is 4. The summed E-state index contributed by atoms with van der Waals surface area (Å²) in [5.41, 5.74) is -0.236. The minimum absolute atomic E-state index is 0.00244. The van der Waals surface area contributed by atoms with E-state index < -0.39 is 23.0 Å². The molecular formula is C27H31FN4O4. The van der Waals surface area contributed by atoms with Crippen LogP contribution in [-0.4, -0.2) is 27.0 Å². The Balaban J connectivity index is 1.45. The van der Waals surface area contributed by atoms with Gasteiger partial charge in [-0.2, -0.15) is 0 Å². The molecule has 2 amide bonds. The van der Waals surface area contributed by atoms with Gasteiger partial charge in [0.2, 0.25) is 11.8 Å². The molecule has 0 radical (unpaired) electrons. The third kappa shape index (κ3) is 6.27. The maximum atomic E-state index is 13.2. The van der Waals surface area contributed by atoms with Gasteiger partial charge >= 0.3 is 5.69 Å². The second kappa shape index (κ2) is 11.8. The first kappa shape index (κ1) is 25.3. The molecule has 1 fully saturated rings. The Bertz CT molecular complexity index is 1340. The van der Waals surface area contributed by atoms with Crippen molar-refractivity contribution >= 4 is 28.4 Å². The number of unbranched alkanes of at least 4 members (excludes halogenated alkanes) is 1. The number of aromatic nitrogens is 2. The smallest absolute Gasteiger partial charge is 0.331 e. The summed E-state index contributed by atoms with van der Waals surface area (Å²) >= 11 is 0. The molecule has 1 aromatic heterocycles. The highest BCUT2D eigenvalue weighted by Crippen LogP contribution is 2.17. The van der Waals surface area contributed by atoms with Crippen LogP contribution < -0.4 is 21.9 Å². The first-order chi connectivity index (χ1) is 17.4. The van der Waals surface area contributed by atoms with Crippen molar-refractivity contribution in [1.29, 1.82) is 0 Å². The summed E-state index contributed by atoms with van der Waals surface area (Å²) in [5, 5.41) is 6.06. The van der Waals surface area contributed by atoms with Gasteiger partial charge in [-0.1, -0.05) is 31.4 Å². The molecule has 8 nitrogen and oxygen atoms in total.